The lowest BCUT2D eigenvalue weighted by molar-refractivity contribution is 0.367. The van der Waals surface area contributed by atoms with Crippen molar-refractivity contribution in [2.75, 3.05) is 6.54 Å². The predicted molar refractivity (Wildman–Crippen MR) is 48.6 cm³/mol. The fourth-order valence-corrected chi connectivity index (χ4v) is 1.97. The van der Waals surface area contributed by atoms with E-state index in [-0.39, 0.29) is 0 Å². The fourth-order valence-electron chi connectivity index (χ4n) is 1.46. The minimum Gasteiger partial charge on any atom is -0.233 e. The molecule has 1 aliphatic carbocycles. The van der Waals surface area contributed by atoms with Gasteiger partial charge in [-0.25, -0.2) is 4.84 Å². The third-order valence-corrected chi connectivity index (χ3v) is 2.85. The van der Waals surface area contributed by atoms with E-state index < -0.39 is 0 Å². The number of thiol groups is 1. The zero-order valence-corrected chi connectivity index (χ0v) is 7.67. The summed E-state index contributed by atoms with van der Waals surface area (Å²) >= 11 is 9.82. The highest BCUT2D eigenvalue weighted by molar-refractivity contribution is 7.80. The number of hydrogen-bond acceptors (Lipinski definition) is 2. The molecule has 0 heterocycles. The van der Waals surface area contributed by atoms with E-state index in [2.05, 4.69) is 17.5 Å². The molecule has 0 unspecified atom stereocenters. The van der Waals surface area contributed by atoms with Crippen LogP contribution in [0.15, 0.2) is 0 Å². The van der Waals surface area contributed by atoms with E-state index in [4.69, 9.17) is 11.8 Å². The molecule has 0 aliphatic heterocycles. The molecule has 0 bridgehead atoms. The summed E-state index contributed by atoms with van der Waals surface area (Å²) in [5, 5.41) is 0.645. The molecular weight excluding hydrogens is 166 g/mol. The van der Waals surface area contributed by atoms with Crippen molar-refractivity contribution in [3.63, 3.8) is 0 Å². The second-order valence-electron chi connectivity index (χ2n) is 3.01. The molecule has 0 spiro atoms. The van der Waals surface area contributed by atoms with Crippen molar-refractivity contribution in [3.8, 4) is 0 Å². The maximum atomic E-state index is 5.40. The maximum Gasteiger partial charge on any atom is 0.0136 e. The second kappa shape index (κ2) is 4.47. The van der Waals surface area contributed by atoms with Crippen LogP contribution in [0.4, 0.5) is 0 Å². The van der Waals surface area contributed by atoms with Crippen molar-refractivity contribution in [3.05, 3.63) is 0 Å². The van der Waals surface area contributed by atoms with E-state index in [1.807, 2.05) is 0 Å². The highest BCUT2D eigenvalue weighted by Gasteiger charge is 2.17. The minimum absolute atomic E-state index is 0.645. The Kier molecular flexibility index (Phi) is 3.89. The van der Waals surface area contributed by atoms with E-state index in [0.717, 1.165) is 12.5 Å². The summed E-state index contributed by atoms with van der Waals surface area (Å²) in [6.45, 7) is 0.960. The van der Waals surface area contributed by atoms with Crippen LogP contribution < -0.4 is 4.84 Å². The van der Waals surface area contributed by atoms with Crippen molar-refractivity contribution in [2.24, 2.45) is 5.92 Å². The van der Waals surface area contributed by atoms with Gasteiger partial charge in [0.2, 0.25) is 0 Å². The Hall–Kier alpha value is 0.600. The fraction of sp³-hybridized carbons (Fsp3) is 1.00. The summed E-state index contributed by atoms with van der Waals surface area (Å²) in [5.41, 5.74) is 0. The molecule has 60 valence electrons. The molecule has 1 aliphatic rings. The highest BCUT2D eigenvalue weighted by atomic mass is 35.5. The number of halogens is 1. The van der Waals surface area contributed by atoms with Crippen LogP contribution in [0, 0.1) is 5.92 Å². The molecule has 0 radical (unpaired) electrons. The molecule has 0 aromatic carbocycles. The summed E-state index contributed by atoms with van der Waals surface area (Å²) in [6, 6.07) is 0. The van der Waals surface area contributed by atoms with Crippen molar-refractivity contribution in [2.45, 2.75) is 30.9 Å². The lowest BCUT2D eigenvalue weighted by Crippen LogP contribution is -2.21. The third kappa shape index (κ3) is 2.69. The summed E-state index contributed by atoms with van der Waals surface area (Å²) in [4.78, 5) is 2.70. The lowest BCUT2D eigenvalue weighted by atomic mass is 9.89. The van der Waals surface area contributed by atoms with E-state index in [0.29, 0.717) is 5.25 Å². The number of rotatable bonds is 2. The van der Waals surface area contributed by atoms with Gasteiger partial charge >= 0.3 is 0 Å². The van der Waals surface area contributed by atoms with Crippen molar-refractivity contribution < 1.29 is 0 Å². The average molecular weight is 180 g/mol. The van der Waals surface area contributed by atoms with Gasteiger partial charge in [-0.15, -0.1) is 0 Å². The molecule has 0 aromatic rings. The summed E-state index contributed by atoms with van der Waals surface area (Å²) in [6.07, 6.45) is 5.08. The molecule has 1 rings (SSSR count). The first-order valence-electron chi connectivity index (χ1n) is 3.84. The number of hydrogen-bond donors (Lipinski definition) is 2. The first-order chi connectivity index (χ1) is 4.83. The Morgan fingerprint density at radius 3 is 2.40 bits per heavy atom. The van der Waals surface area contributed by atoms with Crippen LogP contribution in [0.25, 0.3) is 0 Å². The van der Waals surface area contributed by atoms with Crippen molar-refractivity contribution in [1.82, 2.24) is 4.84 Å². The van der Waals surface area contributed by atoms with E-state index in [1.54, 1.807) is 0 Å². The zero-order valence-electron chi connectivity index (χ0n) is 6.02. The van der Waals surface area contributed by atoms with Gasteiger partial charge in [0.15, 0.2) is 0 Å². The van der Waals surface area contributed by atoms with Crippen LogP contribution in [0.2, 0.25) is 0 Å². The van der Waals surface area contributed by atoms with Crippen LogP contribution in [0.1, 0.15) is 25.7 Å². The van der Waals surface area contributed by atoms with Gasteiger partial charge in [0.1, 0.15) is 0 Å². The molecule has 0 amide bonds. The van der Waals surface area contributed by atoms with Gasteiger partial charge in [-0.3, -0.25) is 0 Å². The molecular formula is C7H14ClNS. The van der Waals surface area contributed by atoms with E-state index in [9.17, 15) is 0 Å². The first-order valence-corrected chi connectivity index (χ1v) is 4.74. The van der Waals surface area contributed by atoms with Crippen LogP contribution in [0.3, 0.4) is 0 Å². The van der Waals surface area contributed by atoms with Gasteiger partial charge in [0.25, 0.3) is 0 Å². The molecule has 1 saturated carbocycles. The Balaban J connectivity index is 2.13. The van der Waals surface area contributed by atoms with Crippen LogP contribution in [0.5, 0.6) is 0 Å². The highest BCUT2D eigenvalue weighted by Crippen LogP contribution is 2.26. The van der Waals surface area contributed by atoms with E-state index in [1.165, 1.54) is 25.7 Å². The van der Waals surface area contributed by atoms with Crippen LogP contribution in [-0.4, -0.2) is 11.8 Å². The van der Waals surface area contributed by atoms with Crippen molar-refractivity contribution in [1.29, 1.82) is 0 Å². The second-order valence-corrected chi connectivity index (χ2v) is 4.01. The molecule has 1 fully saturated rings. The van der Waals surface area contributed by atoms with Gasteiger partial charge in [-0.05, 0) is 43.4 Å². The number of nitrogens with one attached hydrogen (secondary N) is 1. The maximum absolute atomic E-state index is 5.40. The molecule has 10 heavy (non-hydrogen) atoms. The standard InChI is InChI=1S/C7H14ClNS/c8-9-5-6-1-3-7(10)4-2-6/h6-7,9-10H,1-5H2/t6-,7-. The zero-order chi connectivity index (χ0) is 7.40. The summed E-state index contributed by atoms with van der Waals surface area (Å²) in [7, 11) is 0. The predicted octanol–water partition coefficient (Wildman–Crippen LogP) is 2.22. The van der Waals surface area contributed by atoms with Gasteiger partial charge in [-0.2, -0.15) is 12.6 Å². The Morgan fingerprint density at radius 1 is 1.30 bits per heavy atom. The summed E-state index contributed by atoms with van der Waals surface area (Å²) in [5.74, 6) is 0.792. The quantitative estimate of drug-likeness (QED) is 0.490. The Morgan fingerprint density at radius 2 is 1.90 bits per heavy atom. The minimum atomic E-state index is 0.645. The van der Waals surface area contributed by atoms with Crippen LogP contribution >= 0.6 is 24.4 Å². The Labute approximate surface area is 73.0 Å². The largest absolute Gasteiger partial charge is 0.233 e. The normalized spacial score (nSPS) is 34.2. The van der Waals surface area contributed by atoms with Gasteiger partial charge < -0.3 is 0 Å². The van der Waals surface area contributed by atoms with Gasteiger partial charge in [-0.1, -0.05) is 0 Å². The molecule has 0 saturated heterocycles. The molecule has 1 nitrogen and oxygen atoms in total. The molecule has 1 N–H and O–H groups in total. The van der Waals surface area contributed by atoms with Crippen LogP contribution in [-0.2, 0) is 0 Å². The SMILES string of the molecule is S[C@H]1CC[C@H](CNCl)CC1. The Bertz CT molecular complexity index is 91.6. The smallest absolute Gasteiger partial charge is 0.0136 e. The van der Waals surface area contributed by atoms with Crippen molar-refractivity contribution >= 4 is 24.4 Å². The summed E-state index contributed by atoms with van der Waals surface area (Å²) < 4.78 is 0. The molecule has 0 atom stereocenters. The average Bonchev–Trinajstić information content (AvgIpc) is 1.95. The van der Waals surface area contributed by atoms with Gasteiger partial charge in [0.05, 0.1) is 0 Å². The van der Waals surface area contributed by atoms with E-state index >= 15 is 0 Å². The first kappa shape index (κ1) is 8.69. The monoisotopic (exact) mass is 179 g/mol. The third-order valence-electron chi connectivity index (χ3n) is 2.18. The molecule has 3 heteroatoms. The topological polar surface area (TPSA) is 12.0 Å². The van der Waals surface area contributed by atoms with Gasteiger partial charge in [0, 0.05) is 11.8 Å². The lowest BCUT2D eigenvalue weighted by Gasteiger charge is -2.24. The molecule has 0 aromatic heterocycles.